The predicted molar refractivity (Wildman–Crippen MR) is 45.8 cm³/mol. The van der Waals surface area contributed by atoms with Crippen molar-refractivity contribution in [1.29, 1.82) is 0 Å². The molecule has 0 saturated carbocycles. The Balaban J connectivity index is 2.21. The molecule has 0 aliphatic heterocycles. The molecule has 1 amide bonds. The molecule has 0 fully saturated rings. The van der Waals surface area contributed by atoms with Crippen LogP contribution in [0.2, 0.25) is 0 Å². The molecule has 13 heavy (non-hydrogen) atoms. The second kappa shape index (κ2) is 3.20. The molecule has 1 atom stereocenters. The Morgan fingerprint density at radius 2 is 2.54 bits per heavy atom. The summed E-state index contributed by atoms with van der Waals surface area (Å²) >= 11 is 0. The number of aromatic nitrogens is 1. The number of aryl methyl sites for hydroxylation is 1. The van der Waals surface area contributed by atoms with Crippen LogP contribution in [-0.2, 0) is 17.6 Å². The van der Waals surface area contributed by atoms with Crippen molar-refractivity contribution in [1.82, 2.24) is 5.16 Å². The van der Waals surface area contributed by atoms with E-state index in [1.54, 1.807) is 6.20 Å². The molecule has 0 bridgehead atoms. The van der Waals surface area contributed by atoms with Gasteiger partial charge in [-0.3, -0.25) is 4.79 Å². The summed E-state index contributed by atoms with van der Waals surface area (Å²) < 4.78 is 5.06. The summed E-state index contributed by atoms with van der Waals surface area (Å²) in [4.78, 5) is 11.0. The Labute approximate surface area is 76.1 Å². The van der Waals surface area contributed by atoms with Gasteiger partial charge in [0.2, 0.25) is 5.91 Å². The van der Waals surface area contributed by atoms with E-state index in [1.807, 2.05) is 0 Å². The molecule has 1 aliphatic carbocycles. The van der Waals surface area contributed by atoms with Crippen molar-refractivity contribution in [3.8, 4) is 0 Å². The number of amides is 1. The first-order chi connectivity index (χ1) is 6.27. The Hall–Kier alpha value is -1.32. The molecule has 1 aromatic heterocycles. The van der Waals surface area contributed by atoms with Crippen LogP contribution >= 0.6 is 0 Å². The summed E-state index contributed by atoms with van der Waals surface area (Å²) in [6.45, 7) is 0. The van der Waals surface area contributed by atoms with E-state index >= 15 is 0 Å². The maximum absolute atomic E-state index is 11.0. The van der Waals surface area contributed by atoms with Crippen LogP contribution in [0.3, 0.4) is 0 Å². The van der Waals surface area contributed by atoms with Crippen LogP contribution < -0.4 is 5.73 Å². The van der Waals surface area contributed by atoms with Crippen LogP contribution in [0.4, 0.5) is 0 Å². The Kier molecular flexibility index (Phi) is 2.04. The van der Waals surface area contributed by atoms with Crippen molar-refractivity contribution < 1.29 is 9.32 Å². The van der Waals surface area contributed by atoms with Gasteiger partial charge in [0, 0.05) is 17.9 Å². The number of nitrogens with zero attached hydrogens (tertiary/aromatic N) is 1. The Bertz CT molecular complexity index is 319. The van der Waals surface area contributed by atoms with Crippen molar-refractivity contribution in [3.63, 3.8) is 0 Å². The van der Waals surface area contributed by atoms with E-state index in [1.165, 1.54) is 0 Å². The van der Waals surface area contributed by atoms with Crippen LogP contribution in [0.25, 0.3) is 0 Å². The summed E-state index contributed by atoms with van der Waals surface area (Å²) in [6.07, 6.45) is 5.15. The molecule has 4 nitrogen and oxygen atoms in total. The van der Waals surface area contributed by atoms with E-state index in [-0.39, 0.29) is 11.8 Å². The predicted octanol–water partition coefficient (Wildman–Crippen LogP) is 0.655. The summed E-state index contributed by atoms with van der Waals surface area (Å²) in [7, 11) is 0. The lowest BCUT2D eigenvalue weighted by molar-refractivity contribution is -0.122. The third-order valence-corrected chi connectivity index (χ3v) is 2.56. The Morgan fingerprint density at radius 3 is 3.31 bits per heavy atom. The number of hydrogen-bond donors (Lipinski definition) is 1. The van der Waals surface area contributed by atoms with Crippen LogP contribution in [0.5, 0.6) is 0 Å². The zero-order valence-corrected chi connectivity index (χ0v) is 7.32. The summed E-state index contributed by atoms with van der Waals surface area (Å²) in [5.41, 5.74) is 6.39. The molecule has 0 saturated heterocycles. The third kappa shape index (κ3) is 1.56. The number of nitrogens with two attached hydrogens (primary N) is 1. The molecule has 0 aromatic carbocycles. The number of rotatable bonds is 1. The fourth-order valence-corrected chi connectivity index (χ4v) is 1.76. The van der Waals surface area contributed by atoms with Crippen LogP contribution in [0, 0.1) is 5.92 Å². The standard InChI is InChI=1S/C9H12N2O2/c10-9(12)6-2-1-3-7-5-11-13-8(7)4-6/h5-6H,1-4H2,(H2,10,12)/t6-/m1/s1. The van der Waals surface area contributed by atoms with Gasteiger partial charge >= 0.3 is 0 Å². The maximum Gasteiger partial charge on any atom is 0.220 e. The van der Waals surface area contributed by atoms with E-state index in [0.717, 1.165) is 30.6 Å². The highest BCUT2D eigenvalue weighted by Crippen LogP contribution is 2.23. The number of carbonyl (C=O) groups is 1. The summed E-state index contributed by atoms with van der Waals surface area (Å²) in [5.74, 6) is 0.528. The average Bonchev–Trinajstić information content (AvgIpc) is 2.42. The van der Waals surface area contributed by atoms with Gasteiger partial charge in [-0.25, -0.2) is 0 Å². The van der Waals surface area contributed by atoms with Gasteiger partial charge in [0.1, 0.15) is 5.76 Å². The molecule has 2 rings (SSSR count). The molecule has 2 N–H and O–H groups in total. The lowest BCUT2D eigenvalue weighted by Gasteiger charge is -2.06. The van der Waals surface area contributed by atoms with Gasteiger partial charge in [0.05, 0.1) is 6.20 Å². The largest absolute Gasteiger partial charge is 0.369 e. The lowest BCUT2D eigenvalue weighted by atomic mass is 10.00. The molecule has 1 heterocycles. The fraction of sp³-hybridized carbons (Fsp3) is 0.556. The molecule has 0 radical (unpaired) electrons. The minimum atomic E-state index is -0.232. The summed E-state index contributed by atoms with van der Waals surface area (Å²) in [5, 5.41) is 3.71. The van der Waals surface area contributed by atoms with E-state index in [4.69, 9.17) is 10.3 Å². The first-order valence-corrected chi connectivity index (χ1v) is 4.49. The minimum Gasteiger partial charge on any atom is -0.369 e. The van der Waals surface area contributed by atoms with Gasteiger partial charge in [0.25, 0.3) is 0 Å². The monoisotopic (exact) mass is 180 g/mol. The second-order valence-corrected chi connectivity index (χ2v) is 3.47. The Morgan fingerprint density at radius 1 is 1.69 bits per heavy atom. The molecular formula is C9H12N2O2. The quantitative estimate of drug-likeness (QED) is 0.645. The first kappa shape index (κ1) is 8.29. The molecule has 0 unspecified atom stereocenters. The molecule has 1 aromatic rings. The number of primary amides is 1. The van der Waals surface area contributed by atoms with Crippen molar-refractivity contribution in [2.45, 2.75) is 25.7 Å². The smallest absolute Gasteiger partial charge is 0.220 e. The van der Waals surface area contributed by atoms with Crippen molar-refractivity contribution >= 4 is 5.91 Å². The van der Waals surface area contributed by atoms with E-state index in [9.17, 15) is 4.79 Å². The maximum atomic E-state index is 11.0. The topological polar surface area (TPSA) is 69.1 Å². The normalized spacial score (nSPS) is 22.0. The SMILES string of the molecule is NC(=O)[C@@H]1CCCc2cnoc2C1. The zero-order valence-electron chi connectivity index (χ0n) is 7.32. The molecular weight excluding hydrogens is 168 g/mol. The van der Waals surface area contributed by atoms with Gasteiger partial charge in [-0.2, -0.15) is 0 Å². The van der Waals surface area contributed by atoms with E-state index in [2.05, 4.69) is 5.16 Å². The highest BCUT2D eigenvalue weighted by molar-refractivity contribution is 5.77. The van der Waals surface area contributed by atoms with Crippen LogP contribution in [0.1, 0.15) is 24.2 Å². The van der Waals surface area contributed by atoms with Crippen molar-refractivity contribution in [3.05, 3.63) is 17.5 Å². The molecule has 70 valence electrons. The van der Waals surface area contributed by atoms with Gasteiger partial charge in [-0.1, -0.05) is 5.16 Å². The average molecular weight is 180 g/mol. The van der Waals surface area contributed by atoms with Crippen LogP contribution in [-0.4, -0.2) is 11.1 Å². The van der Waals surface area contributed by atoms with Crippen LogP contribution in [0.15, 0.2) is 10.7 Å². The minimum absolute atomic E-state index is 0.0748. The lowest BCUT2D eigenvalue weighted by Crippen LogP contribution is -2.24. The molecule has 1 aliphatic rings. The number of carbonyl (C=O) groups excluding carboxylic acids is 1. The summed E-state index contributed by atoms with van der Waals surface area (Å²) in [6, 6.07) is 0. The highest BCUT2D eigenvalue weighted by atomic mass is 16.5. The highest BCUT2D eigenvalue weighted by Gasteiger charge is 2.23. The van der Waals surface area contributed by atoms with Gasteiger partial charge in [-0.15, -0.1) is 0 Å². The van der Waals surface area contributed by atoms with E-state index in [0.29, 0.717) is 6.42 Å². The molecule has 4 heteroatoms. The second-order valence-electron chi connectivity index (χ2n) is 3.47. The third-order valence-electron chi connectivity index (χ3n) is 2.56. The number of hydrogen-bond acceptors (Lipinski definition) is 3. The van der Waals surface area contributed by atoms with Gasteiger partial charge in [-0.05, 0) is 19.3 Å². The van der Waals surface area contributed by atoms with E-state index < -0.39 is 0 Å². The van der Waals surface area contributed by atoms with Crippen molar-refractivity contribution in [2.24, 2.45) is 11.7 Å². The zero-order chi connectivity index (χ0) is 9.26. The van der Waals surface area contributed by atoms with Gasteiger partial charge < -0.3 is 10.3 Å². The first-order valence-electron chi connectivity index (χ1n) is 4.49. The van der Waals surface area contributed by atoms with Crippen molar-refractivity contribution in [2.75, 3.05) is 0 Å². The number of fused-ring (bicyclic) bond motifs is 1. The van der Waals surface area contributed by atoms with Gasteiger partial charge in [0.15, 0.2) is 0 Å². The fourth-order valence-electron chi connectivity index (χ4n) is 1.76. The molecule has 0 spiro atoms.